The summed E-state index contributed by atoms with van der Waals surface area (Å²) in [6.45, 7) is 4.71. The Kier molecular flexibility index (Phi) is 4.15. The summed E-state index contributed by atoms with van der Waals surface area (Å²) in [5, 5.41) is 13.1. The summed E-state index contributed by atoms with van der Waals surface area (Å²) in [5.74, 6) is 0.911. The SMILES string of the molecule is Cc1cc(O)ccc1C(=O)N1CCCC(C2CCCN2)C1. The first kappa shape index (κ1) is 14.4. The fourth-order valence-corrected chi connectivity index (χ4v) is 3.69. The second-order valence-corrected chi connectivity index (χ2v) is 6.36. The molecule has 0 spiro atoms. The van der Waals surface area contributed by atoms with E-state index in [1.54, 1.807) is 18.2 Å². The lowest BCUT2D eigenvalue weighted by Crippen LogP contribution is -2.46. The molecule has 21 heavy (non-hydrogen) atoms. The van der Waals surface area contributed by atoms with Crippen molar-refractivity contribution < 1.29 is 9.90 Å². The fourth-order valence-electron chi connectivity index (χ4n) is 3.69. The fraction of sp³-hybridized carbons (Fsp3) is 0.588. The number of hydrogen-bond donors (Lipinski definition) is 2. The molecule has 4 nitrogen and oxygen atoms in total. The Labute approximate surface area is 126 Å². The molecule has 2 N–H and O–H groups in total. The highest BCUT2D eigenvalue weighted by Crippen LogP contribution is 2.26. The summed E-state index contributed by atoms with van der Waals surface area (Å²) in [7, 11) is 0. The number of nitrogens with one attached hydrogen (secondary N) is 1. The first-order valence-electron chi connectivity index (χ1n) is 7.97. The lowest BCUT2D eigenvalue weighted by molar-refractivity contribution is 0.0650. The van der Waals surface area contributed by atoms with Crippen molar-refractivity contribution in [1.82, 2.24) is 10.2 Å². The van der Waals surface area contributed by atoms with E-state index < -0.39 is 0 Å². The van der Waals surface area contributed by atoms with Gasteiger partial charge in [0.1, 0.15) is 5.75 Å². The summed E-state index contributed by atoms with van der Waals surface area (Å²) in [5.41, 5.74) is 1.56. The van der Waals surface area contributed by atoms with Crippen LogP contribution in [0.2, 0.25) is 0 Å². The van der Waals surface area contributed by atoms with Crippen LogP contribution < -0.4 is 5.32 Å². The number of rotatable bonds is 2. The minimum atomic E-state index is 0.107. The van der Waals surface area contributed by atoms with E-state index in [1.807, 2.05) is 11.8 Å². The lowest BCUT2D eigenvalue weighted by Gasteiger charge is -2.36. The lowest BCUT2D eigenvalue weighted by atomic mass is 9.89. The van der Waals surface area contributed by atoms with Crippen LogP contribution in [0.1, 0.15) is 41.6 Å². The number of hydrogen-bond acceptors (Lipinski definition) is 3. The second-order valence-electron chi connectivity index (χ2n) is 6.36. The second kappa shape index (κ2) is 6.06. The minimum Gasteiger partial charge on any atom is -0.508 e. The molecule has 3 rings (SSSR count). The Morgan fingerprint density at radius 3 is 2.90 bits per heavy atom. The maximum absolute atomic E-state index is 12.7. The van der Waals surface area contributed by atoms with Crippen LogP contribution in [-0.4, -0.2) is 41.6 Å². The summed E-state index contributed by atoms with van der Waals surface area (Å²) in [6, 6.07) is 5.58. The Balaban J connectivity index is 1.71. The van der Waals surface area contributed by atoms with Crippen molar-refractivity contribution in [1.29, 1.82) is 0 Å². The number of carbonyl (C=O) groups excluding carboxylic acids is 1. The van der Waals surface area contributed by atoms with Gasteiger partial charge in [-0.15, -0.1) is 0 Å². The van der Waals surface area contributed by atoms with Gasteiger partial charge in [-0.25, -0.2) is 0 Å². The van der Waals surface area contributed by atoms with Crippen molar-refractivity contribution in [2.45, 2.75) is 38.6 Å². The zero-order chi connectivity index (χ0) is 14.8. The van der Waals surface area contributed by atoms with E-state index in [4.69, 9.17) is 0 Å². The van der Waals surface area contributed by atoms with Gasteiger partial charge in [0.2, 0.25) is 0 Å². The van der Waals surface area contributed by atoms with E-state index >= 15 is 0 Å². The van der Waals surface area contributed by atoms with E-state index in [0.29, 0.717) is 17.5 Å². The molecule has 4 heteroatoms. The van der Waals surface area contributed by atoms with Gasteiger partial charge in [0.05, 0.1) is 0 Å². The normalized spacial score (nSPS) is 26.0. The average molecular weight is 288 g/mol. The van der Waals surface area contributed by atoms with Gasteiger partial charge in [-0.05, 0) is 68.8 Å². The van der Waals surface area contributed by atoms with Crippen molar-refractivity contribution >= 4 is 5.91 Å². The van der Waals surface area contributed by atoms with Crippen LogP contribution in [0.25, 0.3) is 0 Å². The number of likely N-dealkylation sites (tertiary alicyclic amines) is 1. The monoisotopic (exact) mass is 288 g/mol. The number of aryl methyl sites for hydroxylation is 1. The average Bonchev–Trinajstić information content (AvgIpc) is 3.01. The third-order valence-corrected chi connectivity index (χ3v) is 4.85. The molecule has 2 aliphatic rings. The number of phenolic OH excluding ortho intramolecular Hbond substituents is 1. The number of benzene rings is 1. The molecule has 2 saturated heterocycles. The molecule has 1 amide bonds. The van der Waals surface area contributed by atoms with Crippen LogP contribution in [0.4, 0.5) is 0 Å². The van der Waals surface area contributed by atoms with Crippen LogP contribution >= 0.6 is 0 Å². The molecule has 2 aliphatic heterocycles. The molecule has 2 heterocycles. The number of carbonyl (C=O) groups is 1. The Morgan fingerprint density at radius 2 is 2.19 bits per heavy atom. The van der Waals surface area contributed by atoms with E-state index in [0.717, 1.165) is 31.6 Å². The van der Waals surface area contributed by atoms with Crippen molar-refractivity contribution in [3.8, 4) is 5.75 Å². The van der Waals surface area contributed by atoms with Gasteiger partial charge in [0.25, 0.3) is 5.91 Å². The van der Waals surface area contributed by atoms with Crippen LogP contribution in [-0.2, 0) is 0 Å². The van der Waals surface area contributed by atoms with Gasteiger partial charge < -0.3 is 15.3 Å². The molecule has 0 radical (unpaired) electrons. The number of phenols is 1. The molecule has 1 aromatic carbocycles. The molecule has 1 aromatic rings. The van der Waals surface area contributed by atoms with E-state index in [2.05, 4.69) is 5.32 Å². The van der Waals surface area contributed by atoms with Gasteiger partial charge in [0, 0.05) is 24.7 Å². The summed E-state index contributed by atoms with van der Waals surface area (Å²) < 4.78 is 0. The van der Waals surface area contributed by atoms with Crippen LogP contribution in [0.5, 0.6) is 5.75 Å². The number of nitrogens with zero attached hydrogens (tertiary/aromatic N) is 1. The van der Waals surface area contributed by atoms with Crippen molar-refractivity contribution in [3.63, 3.8) is 0 Å². The van der Waals surface area contributed by atoms with Crippen LogP contribution in [0.15, 0.2) is 18.2 Å². The quantitative estimate of drug-likeness (QED) is 0.878. The smallest absolute Gasteiger partial charge is 0.254 e. The van der Waals surface area contributed by atoms with Gasteiger partial charge >= 0.3 is 0 Å². The van der Waals surface area contributed by atoms with E-state index in [-0.39, 0.29) is 11.7 Å². The zero-order valence-electron chi connectivity index (χ0n) is 12.6. The van der Waals surface area contributed by atoms with Crippen molar-refractivity contribution in [3.05, 3.63) is 29.3 Å². The van der Waals surface area contributed by atoms with Gasteiger partial charge in [-0.2, -0.15) is 0 Å². The molecule has 114 valence electrons. The topological polar surface area (TPSA) is 52.6 Å². The maximum atomic E-state index is 12.7. The molecule has 2 fully saturated rings. The Hall–Kier alpha value is -1.55. The highest BCUT2D eigenvalue weighted by molar-refractivity contribution is 5.95. The third kappa shape index (κ3) is 3.05. The Bertz CT molecular complexity index is 524. The summed E-state index contributed by atoms with van der Waals surface area (Å²) in [6.07, 6.45) is 4.80. The van der Waals surface area contributed by atoms with Gasteiger partial charge in [-0.1, -0.05) is 0 Å². The summed E-state index contributed by atoms with van der Waals surface area (Å²) >= 11 is 0. The van der Waals surface area contributed by atoms with Crippen molar-refractivity contribution in [2.24, 2.45) is 5.92 Å². The highest BCUT2D eigenvalue weighted by Gasteiger charge is 2.31. The molecular weight excluding hydrogens is 264 g/mol. The van der Waals surface area contributed by atoms with Gasteiger partial charge in [-0.3, -0.25) is 4.79 Å². The summed E-state index contributed by atoms with van der Waals surface area (Å²) in [4.78, 5) is 14.7. The maximum Gasteiger partial charge on any atom is 0.254 e. The zero-order valence-corrected chi connectivity index (χ0v) is 12.6. The van der Waals surface area contributed by atoms with E-state index in [9.17, 15) is 9.90 Å². The predicted molar refractivity (Wildman–Crippen MR) is 82.5 cm³/mol. The highest BCUT2D eigenvalue weighted by atomic mass is 16.3. The largest absolute Gasteiger partial charge is 0.508 e. The molecule has 2 unspecified atom stereocenters. The van der Waals surface area contributed by atoms with Crippen LogP contribution in [0.3, 0.4) is 0 Å². The molecule has 0 saturated carbocycles. The van der Waals surface area contributed by atoms with Crippen molar-refractivity contribution in [2.75, 3.05) is 19.6 Å². The first-order chi connectivity index (χ1) is 10.1. The molecule has 0 aromatic heterocycles. The standard InChI is InChI=1S/C17H24N2O2/c1-12-10-14(20)6-7-15(12)17(21)19-9-3-4-13(11-19)16-5-2-8-18-16/h6-7,10,13,16,18,20H,2-5,8-9,11H2,1H3. The Morgan fingerprint density at radius 1 is 1.33 bits per heavy atom. The third-order valence-electron chi connectivity index (χ3n) is 4.85. The molecule has 0 aliphatic carbocycles. The molecule has 0 bridgehead atoms. The van der Waals surface area contributed by atoms with Crippen LogP contribution in [0, 0.1) is 12.8 Å². The predicted octanol–water partition coefficient (Wildman–Crippen LogP) is 2.30. The molecular formula is C17H24N2O2. The number of amides is 1. The molecule has 2 atom stereocenters. The number of aromatic hydroxyl groups is 1. The minimum absolute atomic E-state index is 0.107. The van der Waals surface area contributed by atoms with Gasteiger partial charge in [0.15, 0.2) is 0 Å². The van der Waals surface area contributed by atoms with E-state index in [1.165, 1.54) is 19.3 Å². The number of piperidine rings is 1. The first-order valence-corrected chi connectivity index (χ1v) is 7.97.